The van der Waals surface area contributed by atoms with E-state index >= 15 is 0 Å². The third-order valence-electron chi connectivity index (χ3n) is 4.72. The summed E-state index contributed by atoms with van der Waals surface area (Å²) in [6.45, 7) is -0.126. The van der Waals surface area contributed by atoms with Gasteiger partial charge in [-0.25, -0.2) is 0 Å². The lowest BCUT2D eigenvalue weighted by atomic mass is 9.90. The lowest BCUT2D eigenvalue weighted by molar-refractivity contribution is 0.274. The van der Waals surface area contributed by atoms with Crippen molar-refractivity contribution < 1.29 is 5.11 Å². The molecule has 0 saturated heterocycles. The van der Waals surface area contributed by atoms with Crippen LogP contribution in [0.3, 0.4) is 0 Å². The Morgan fingerprint density at radius 3 is 2.58 bits per heavy atom. The van der Waals surface area contributed by atoms with Gasteiger partial charge in [0.25, 0.3) is 5.56 Å². The van der Waals surface area contributed by atoms with Gasteiger partial charge in [0.15, 0.2) is 0 Å². The van der Waals surface area contributed by atoms with Crippen LogP contribution >= 0.6 is 0 Å². The quantitative estimate of drug-likeness (QED) is 0.889. The molecule has 19 heavy (non-hydrogen) atoms. The molecule has 1 fully saturated rings. The lowest BCUT2D eigenvalue weighted by Crippen LogP contribution is -2.33. The smallest absolute Gasteiger partial charge is 0.256 e. The van der Waals surface area contributed by atoms with Crippen molar-refractivity contribution in [3.05, 3.63) is 33.2 Å². The van der Waals surface area contributed by atoms with E-state index in [1.807, 2.05) is 6.07 Å². The molecule has 104 valence electrons. The van der Waals surface area contributed by atoms with E-state index in [0.717, 1.165) is 25.7 Å². The fraction of sp³-hybridized carbons (Fsp3) is 0.688. The molecule has 0 amide bonds. The van der Waals surface area contributed by atoms with Gasteiger partial charge in [0.1, 0.15) is 0 Å². The molecule has 1 saturated carbocycles. The van der Waals surface area contributed by atoms with Crippen molar-refractivity contribution in [1.82, 2.24) is 4.57 Å². The van der Waals surface area contributed by atoms with Gasteiger partial charge in [0.05, 0.1) is 6.61 Å². The van der Waals surface area contributed by atoms with Crippen LogP contribution in [0.2, 0.25) is 0 Å². The molecule has 0 aromatic carbocycles. The predicted octanol–water partition coefficient (Wildman–Crippen LogP) is 2.72. The second-order valence-corrected chi connectivity index (χ2v) is 5.97. The van der Waals surface area contributed by atoms with Gasteiger partial charge in [0.2, 0.25) is 0 Å². The number of aromatic nitrogens is 1. The van der Waals surface area contributed by atoms with E-state index in [9.17, 15) is 9.90 Å². The normalized spacial score (nSPS) is 20.3. The molecule has 1 N–H and O–H groups in total. The standard InChI is InChI=1S/C16H23NO2/c18-11-13-10-12-6-4-5-9-15(12)17(16(13)19)14-7-2-1-3-8-14/h10,14,18H,1-9,11H2. The molecule has 1 aromatic heterocycles. The molecule has 0 spiro atoms. The van der Waals surface area contributed by atoms with Gasteiger partial charge in [-0.2, -0.15) is 0 Å². The largest absolute Gasteiger partial charge is 0.391 e. The first-order chi connectivity index (χ1) is 9.31. The molecule has 3 nitrogen and oxygen atoms in total. The summed E-state index contributed by atoms with van der Waals surface area (Å²) >= 11 is 0. The maximum Gasteiger partial charge on any atom is 0.256 e. The van der Waals surface area contributed by atoms with Crippen LogP contribution in [0.1, 0.15) is 67.8 Å². The average Bonchev–Trinajstić information content (AvgIpc) is 2.47. The maximum absolute atomic E-state index is 12.6. The van der Waals surface area contributed by atoms with E-state index in [-0.39, 0.29) is 12.2 Å². The second kappa shape index (κ2) is 5.49. The molecule has 2 aliphatic rings. The highest BCUT2D eigenvalue weighted by atomic mass is 16.3. The molecule has 0 aliphatic heterocycles. The van der Waals surface area contributed by atoms with Crippen molar-refractivity contribution in [3.63, 3.8) is 0 Å². The van der Waals surface area contributed by atoms with E-state index in [1.54, 1.807) is 0 Å². The van der Waals surface area contributed by atoms with Crippen molar-refractivity contribution in [2.24, 2.45) is 0 Å². The minimum Gasteiger partial charge on any atom is -0.391 e. The van der Waals surface area contributed by atoms with Crippen LogP contribution in [0.4, 0.5) is 0 Å². The predicted molar refractivity (Wildman–Crippen MR) is 75.4 cm³/mol. The Morgan fingerprint density at radius 1 is 1.11 bits per heavy atom. The molecule has 0 bridgehead atoms. The number of rotatable bonds is 2. The van der Waals surface area contributed by atoms with Gasteiger partial charge in [-0.3, -0.25) is 4.79 Å². The van der Waals surface area contributed by atoms with Crippen molar-refractivity contribution in [1.29, 1.82) is 0 Å². The zero-order chi connectivity index (χ0) is 13.2. The van der Waals surface area contributed by atoms with Crippen LogP contribution in [0.5, 0.6) is 0 Å². The first kappa shape index (κ1) is 12.9. The summed E-state index contributed by atoms with van der Waals surface area (Å²) in [6.07, 6.45) is 10.5. The summed E-state index contributed by atoms with van der Waals surface area (Å²) in [4.78, 5) is 12.6. The molecule has 2 aliphatic carbocycles. The molecule has 0 unspecified atom stereocenters. The topological polar surface area (TPSA) is 42.2 Å². The van der Waals surface area contributed by atoms with Crippen LogP contribution in [-0.4, -0.2) is 9.67 Å². The summed E-state index contributed by atoms with van der Waals surface area (Å²) in [5.74, 6) is 0. The molecule has 1 aromatic rings. The van der Waals surface area contributed by atoms with Gasteiger partial charge in [-0.15, -0.1) is 0 Å². The molecule has 1 heterocycles. The summed E-state index contributed by atoms with van der Waals surface area (Å²) in [7, 11) is 0. The van der Waals surface area contributed by atoms with E-state index in [1.165, 1.54) is 43.4 Å². The highest BCUT2D eigenvalue weighted by molar-refractivity contribution is 5.29. The Hall–Kier alpha value is -1.09. The fourth-order valence-corrected chi connectivity index (χ4v) is 3.73. The molecular weight excluding hydrogens is 238 g/mol. The van der Waals surface area contributed by atoms with Gasteiger partial charge in [-0.1, -0.05) is 19.3 Å². The van der Waals surface area contributed by atoms with Crippen molar-refractivity contribution in [2.75, 3.05) is 0 Å². The van der Waals surface area contributed by atoms with Crippen molar-refractivity contribution >= 4 is 0 Å². The number of aryl methyl sites for hydroxylation is 1. The van der Waals surface area contributed by atoms with Crippen LogP contribution in [0.25, 0.3) is 0 Å². The van der Waals surface area contributed by atoms with Crippen molar-refractivity contribution in [3.8, 4) is 0 Å². The highest BCUT2D eigenvalue weighted by Gasteiger charge is 2.23. The summed E-state index contributed by atoms with van der Waals surface area (Å²) in [5, 5.41) is 9.43. The van der Waals surface area contributed by atoms with Crippen LogP contribution in [-0.2, 0) is 19.4 Å². The number of hydrogen-bond donors (Lipinski definition) is 1. The van der Waals surface area contributed by atoms with Gasteiger partial charge >= 0.3 is 0 Å². The Kier molecular flexibility index (Phi) is 3.74. The summed E-state index contributed by atoms with van der Waals surface area (Å²) < 4.78 is 2.05. The van der Waals surface area contributed by atoms with Crippen molar-refractivity contribution in [2.45, 2.75) is 70.4 Å². The van der Waals surface area contributed by atoms with E-state index in [4.69, 9.17) is 0 Å². The van der Waals surface area contributed by atoms with Crippen LogP contribution < -0.4 is 5.56 Å². The Labute approximate surface area is 114 Å². The first-order valence-electron chi connectivity index (χ1n) is 7.68. The minimum atomic E-state index is -0.126. The third-order valence-corrected chi connectivity index (χ3v) is 4.72. The van der Waals surface area contributed by atoms with Gasteiger partial charge in [0, 0.05) is 17.3 Å². The Balaban J connectivity index is 2.11. The number of hydrogen-bond acceptors (Lipinski definition) is 2. The zero-order valence-corrected chi connectivity index (χ0v) is 11.5. The summed E-state index contributed by atoms with van der Waals surface area (Å²) in [6, 6.07) is 2.33. The number of fused-ring (bicyclic) bond motifs is 1. The SMILES string of the molecule is O=c1c(CO)cc2c(n1C1CCCCC1)CCCC2. The first-order valence-corrected chi connectivity index (χ1v) is 7.68. The lowest BCUT2D eigenvalue weighted by Gasteiger charge is -2.30. The molecule has 0 atom stereocenters. The number of aliphatic hydroxyl groups excluding tert-OH is 1. The second-order valence-electron chi connectivity index (χ2n) is 5.97. The Morgan fingerprint density at radius 2 is 1.84 bits per heavy atom. The summed E-state index contributed by atoms with van der Waals surface area (Å²) in [5.41, 5.74) is 3.22. The van der Waals surface area contributed by atoms with E-state index in [0.29, 0.717) is 11.6 Å². The average molecular weight is 261 g/mol. The third kappa shape index (κ3) is 2.36. The fourth-order valence-electron chi connectivity index (χ4n) is 3.73. The van der Waals surface area contributed by atoms with Gasteiger partial charge in [-0.05, 0) is 50.2 Å². The van der Waals surface area contributed by atoms with Gasteiger partial charge < -0.3 is 9.67 Å². The molecular formula is C16H23NO2. The molecule has 0 radical (unpaired) electrons. The minimum absolute atomic E-state index is 0.0649. The monoisotopic (exact) mass is 261 g/mol. The Bertz CT molecular complexity index is 512. The van der Waals surface area contributed by atoms with Crippen LogP contribution in [0.15, 0.2) is 10.9 Å². The maximum atomic E-state index is 12.6. The number of aliphatic hydroxyl groups is 1. The zero-order valence-electron chi connectivity index (χ0n) is 11.5. The highest BCUT2D eigenvalue weighted by Crippen LogP contribution is 2.31. The number of pyridine rings is 1. The number of nitrogens with zero attached hydrogens (tertiary/aromatic N) is 1. The molecule has 3 rings (SSSR count). The van der Waals surface area contributed by atoms with E-state index in [2.05, 4.69) is 4.57 Å². The molecule has 3 heteroatoms. The van der Waals surface area contributed by atoms with E-state index < -0.39 is 0 Å². The van der Waals surface area contributed by atoms with Crippen LogP contribution in [0, 0.1) is 0 Å².